The number of carbonyl (C=O) groups excluding carboxylic acids is 1. The van der Waals surface area contributed by atoms with Gasteiger partial charge in [0.15, 0.2) is 0 Å². The Labute approximate surface area is 138 Å². The average molecular weight is 324 g/mol. The zero-order valence-corrected chi connectivity index (χ0v) is 13.4. The zero-order valence-electron chi connectivity index (χ0n) is 12.6. The van der Waals surface area contributed by atoms with Crippen LogP contribution in [0.5, 0.6) is 0 Å². The van der Waals surface area contributed by atoms with Crippen LogP contribution in [0, 0.1) is 5.41 Å². The van der Waals surface area contributed by atoms with Gasteiger partial charge in [0.25, 0.3) is 0 Å². The molecule has 23 heavy (non-hydrogen) atoms. The number of benzene rings is 2. The molecular formula is C18H16N2O2S. The van der Waals surface area contributed by atoms with E-state index in [0.29, 0.717) is 12.2 Å². The third kappa shape index (κ3) is 2.83. The summed E-state index contributed by atoms with van der Waals surface area (Å²) in [6.45, 7) is 2.13. The summed E-state index contributed by atoms with van der Waals surface area (Å²) in [6.07, 6.45) is 0. The molecule has 0 bridgehead atoms. The highest BCUT2D eigenvalue weighted by Gasteiger charge is 2.16. The SMILES string of the molecule is CCOC(=O)c1ccccc1-c1cccc2sc(C(=N)N)cc12. The van der Waals surface area contributed by atoms with Crippen molar-refractivity contribution < 1.29 is 9.53 Å². The highest BCUT2D eigenvalue weighted by atomic mass is 32.1. The van der Waals surface area contributed by atoms with E-state index in [1.807, 2.05) is 42.5 Å². The molecule has 0 amide bonds. The molecule has 2 aromatic carbocycles. The van der Waals surface area contributed by atoms with E-state index >= 15 is 0 Å². The number of rotatable bonds is 4. The Morgan fingerprint density at radius 1 is 1.17 bits per heavy atom. The van der Waals surface area contributed by atoms with Crippen molar-refractivity contribution in [2.75, 3.05) is 6.61 Å². The standard InChI is InChI=1S/C18H16N2O2S/c1-2-22-18(21)13-7-4-3-6-11(13)12-8-5-9-15-14(12)10-16(23-15)17(19)20/h3-10H,2H2,1H3,(H3,19,20). The number of thiophene rings is 1. The summed E-state index contributed by atoms with van der Waals surface area (Å²) in [5.74, 6) is -0.280. The van der Waals surface area contributed by atoms with E-state index in [1.165, 1.54) is 11.3 Å². The maximum Gasteiger partial charge on any atom is 0.338 e. The van der Waals surface area contributed by atoms with Gasteiger partial charge >= 0.3 is 5.97 Å². The van der Waals surface area contributed by atoms with Crippen molar-refractivity contribution in [3.05, 3.63) is 59.0 Å². The molecule has 3 rings (SSSR count). The van der Waals surface area contributed by atoms with Gasteiger partial charge in [-0.1, -0.05) is 30.3 Å². The fourth-order valence-electron chi connectivity index (χ4n) is 2.53. The predicted molar refractivity (Wildman–Crippen MR) is 94.2 cm³/mol. The number of fused-ring (bicyclic) bond motifs is 1. The molecule has 0 aliphatic rings. The Hall–Kier alpha value is -2.66. The summed E-state index contributed by atoms with van der Waals surface area (Å²) in [5.41, 5.74) is 7.91. The summed E-state index contributed by atoms with van der Waals surface area (Å²) in [6, 6.07) is 15.2. The van der Waals surface area contributed by atoms with Crippen LogP contribution in [0.1, 0.15) is 22.2 Å². The molecule has 116 valence electrons. The highest BCUT2D eigenvalue weighted by molar-refractivity contribution is 7.20. The molecule has 4 nitrogen and oxygen atoms in total. The van der Waals surface area contributed by atoms with E-state index in [0.717, 1.165) is 26.1 Å². The van der Waals surface area contributed by atoms with Crippen molar-refractivity contribution >= 4 is 33.2 Å². The molecule has 0 atom stereocenters. The fourth-order valence-corrected chi connectivity index (χ4v) is 3.48. The summed E-state index contributed by atoms with van der Waals surface area (Å²) in [7, 11) is 0. The number of nitrogen functional groups attached to an aromatic ring is 1. The van der Waals surface area contributed by atoms with E-state index in [-0.39, 0.29) is 11.8 Å². The second-order valence-electron chi connectivity index (χ2n) is 5.01. The lowest BCUT2D eigenvalue weighted by Gasteiger charge is -2.10. The summed E-state index contributed by atoms with van der Waals surface area (Å²) in [5, 5.41) is 8.61. The maximum atomic E-state index is 12.2. The summed E-state index contributed by atoms with van der Waals surface area (Å²) < 4.78 is 6.19. The van der Waals surface area contributed by atoms with Gasteiger partial charge in [-0.3, -0.25) is 5.41 Å². The fraction of sp³-hybridized carbons (Fsp3) is 0.111. The second-order valence-corrected chi connectivity index (χ2v) is 6.09. The number of esters is 1. The van der Waals surface area contributed by atoms with Crippen molar-refractivity contribution in [2.24, 2.45) is 5.73 Å². The van der Waals surface area contributed by atoms with Crippen LogP contribution in [0.4, 0.5) is 0 Å². The highest BCUT2D eigenvalue weighted by Crippen LogP contribution is 2.35. The lowest BCUT2D eigenvalue weighted by Crippen LogP contribution is -2.08. The number of ether oxygens (including phenoxy) is 1. The molecule has 5 heteroatoms. The van der Waals surface area contributed by atoms with Crippen molar-refractivity contribution in [1.29, 1.82) is 5.41 Å². The molecular weight excluding hydrogens is 308 g/mol. The van der Waals surface area contributed by atoms with E-state index in [4.69, 9.17) is 15.9 Å². The first-order valence-electron chi connectivity index (χ1n) is 7.25. The third-order valence-corrected chi connectivity index (χ3v) is 4.67. The van der Waals surface area contributed by atoms with Crippen LogP contribution in [0.2, 0.25) is 0 Å². The van der Waals surface area contributed by atoms with Crippen LogP contribution >= 0.6 is 11.3 Å². The van der Waals surface area contributed by atoms with Crippen LogP contribution in [0.15, 0.2) is 48.5 Å². The largest absolute Gasteiger partial charge is 0.462 e. The topological polar surface area (TPSA) is 76.2 Å². The Morgan fingerprint density at radius 3 is 2.65 bits per heavy atom. The number of carbonyl (C=O) groups is 1. The van der Waals surface area contributed by atoms with E-state index < -0.39 is 0 Å². The molecule has 0 fully saturated rings. The quantitative estimate of drug-likeness (QED) is 0.432. The van der Waals surface area contributed by atoms with Gasteiger partial charge in [-0.25, -0.2) is 4.79 Å². The number of nitrogens with two attached hydrogens (primary N) is 1. The molecule has 0 saturated carbocycles. The van der Waals surface area contributed by atoms with Gasteiger partial charge in [0.1, 0.15) is 5.84 Å². The van der Waals surface area contributed by atoms with Crippen molar-refractivity contribution in [3.63, 3.8) is 0 Å². The molecule has 1 heterocycles. The van der Waals surface area contributed by atoms with Gasteiger partial charge in [0.2, 0.25) is 0 Å². The normalized spacial score (nSPS) is 10.7. The van der Waals surface area contributed by atoms with Crippen LogP contribution in [0.25, 0.3) is 21.2 Å². The smallest absolute Gasteiger partial charge is 0.338 e. The van der Waals surface area contributed by atoms with Crippen LogP contribution in [0.3, 0.4) is 0 Å². The first-order chi connectivity index (χ1) is 11.1. The molecule has 0 spiro atoms. The Bertz CT molecular complexity index is 899. The summed E-state index contributed by atoms with van der Waals surface area (Å²) in [4.78, 5) is 12.9. The maximum absolute atomic E-state index is 12.2. The minimum atomic E-state index is -0.331. The Kier molecular flexibility index (Phi) is 4.12. The Balaban J connectivity index is 2.21. The lowest BCUT2D eigenvalue weighted by atomic mass is 9.97. The minimum absolute atomic E-state index is 0.0517. The van der Waals surface area contributed by atoms with Crippen molar-refractivity contribution in [1.82, 2.24) is 0 Å². The number of nitrogens with one attached hydrogen (secondary N) is 1. The van der Waals surface area contributed by atoms with E-state index in [1.54, 1.807) is 13.0 Å². The first-order valence-corrected chi connectivity index (χ1v) is 8.07. The Morgan fingerprint density at radius 2 is 1.91 bits per heavy atom. The molecule has 0 saturated heterocycles. The molecule has 0 unspecified atom stereocenters. The van der Waals surface area contributed by atoms with Gasteiger partial charge in [0, 0.05) is 10.1 Å². The molecule has 1 aromatic heterocycles. The first kappa shape index (κ1) is 15.2. The number of hydrogen-bond acceptors (Lipinski definition) is 4. The lowest BCUT2D eigenvalue weighted by molar-refractivity contribution is 0.0527. The predicted octanol–water partition coefficient (Wildman–Crippen LogP) is 4.03. The van der Waals surface area contributed by atoms with E-state index in [9.17, 15) is 4.79 Å². The zero-order chi connectivity index (χ0) is 16.4. The van der Waals surface area contributed by atoms with Crippen molar-refractivity contribution in [3.8, 4) is 11.1 Å². The van der Waals surface area contributed by atoms with Gasteiger partial charge in [-0.05, 0) is 36.2 Å². The molecule has 3 N–H and O–H groups in total. The average Bonchev–Trinajstić information content (AvgIpc) is 2.99. The van der Waals surface area contributed by atoms with Crippen molar-refractivity contribution in [2.45, 2.75) is 6.92 Å². The van der Waals surface area contributed by atoms with Crippen LogP contribution in [-0.2, 0) is 4.74 Å². The molecule has 0 radical (unpaired) electrons. The molecule has 0 aliphatic carbocycles. The number of hydrogen-bond donors (Lipinski definition) is 2. The van der Waals surface area contributed by atoms with Gasteiger partial charge in [-0.2, -0.15) is 0 Å². The minimum Gasteiger partial charge on any atom is -0.462 e. The second kappa shape index (κ2) is 6.22. The van der Waals surface area contributed by atoms with Crippen LogP contribution in [-0.4, -0.2) is 18.4 Å². The van der Waals surface area contributed by atoms with Gasteiger partial charge < -0.3 is 10.5 Å². The van der Waals surface area contributed by atoms with Crippen LogP contribution < -0.4 is 5.73 Å². The van der Waals surface area contributed by atoms with Gasteiger partial charge in [-0.15, -0.1) is 11.3 Å². The summed E-state index contributed by atoms with van der Waals surface area (Å²) >= 11 is 1.47. The number of amidine groups is 1. The van der Waals surface area contributed by atoms with Gasteiger partial charge in [0.05, 0.1) is 17.0 Å². The monoisotopic (exact) mass is 324 g/mol. The van der Waals surface area contributed by atoms with E-state index in [2.05, 4.69) is 0 Å². The third-order valence-electron chi connectivity index (χ3n) is 3.54. The molecule has 3 aromatic rings. The molecule has 0 aliphatic heterocycles.